The highest BCUT2D eigenvalue weighted by Crippen LogP contribution is 2.38. The summed E-state index contributed by atoms with van der Waals surface area (Å²) in [6, 6.07) is 22.0. The van der Waals surface area contributed by atoms with Crippen molar-refractivity contribution in [2.75, 3.05) is 44.1 Å². The first kappa shape index (κ1) is 27.5. The molecule has 1 aliphatic rings. The van der Waals surface area contributed by atoms with E-state index in [9.17, 15) is 0 Å². The molecule has 0 aliphatic carbocycles. The minimum atomic E-state index is 0.460. The summed E-state index contributed by atoms with van der Waals surface area (Å²) in [5.74, 6) is 3.81. The van der Waals surface area contributed by atoms with Crippen LogP contribution in [-0.4, -0.2) is 58.7 Å². The van der Waals surface area contributed by atoms with E-state index in [0.717, 1.165) is 65.2 Å². The van der Waals surface area contributed by atoms with Gasteiger partial charge >= 0.3 is 0 Å². The molecule has 0 unspecified atom stereocenters. The number of hydrogen-bond acceptors (Lipinski definition) is 8. The normalized spacial score (nSPS) is 14.2. The maximum Gasteiger partial charge on any atom is 0.229 e. The van der Waals surface area contributed by atoms with Gasteiger partial charge in [-0.3, -0.25) is 4.90 Å². The van der Waals surface area contributed by atoms with E-state index in [-0.39, 0.29) is 0 Å². The molecule has 1 aliphatic heterocycles. The van der Waals surface area contributed by atoms with Gasteiger partial charge in [0.1, 0.15) is 5.82 Å². The minimum absolute atomic E-state index is 0.460. The monoisotopic (exact) mass is 563 g/mol. The fourth-order valence-electron chi connectivity index (χ4n) is 5.50. The van der Waals surface area contributed by atoms with Crippen molar-refractivity contribution in [1.82, 2.24) is 24.8 Å². The fourth-order valence-corrected chi connectivity index (χ4v) is 5.50. The van der Waals surface area contributed by atoms with Gasteiger partial charge in [-0.1, -0.05) is 30.3 Å². The lowest BCUT2D eigenvalue weighted by atomic mass is 9.98. The minimum Gasteiger partial charge on any atom is -0.493 e. The molecule has 216 valence electrons. The molecule has 3 aromatic carbocycles. The van der Waals surface area contributed by atoms with Gasteiger partial charge in [-0.25, -0.2) is 9.97 Å². The zero-order valence-electron chi connectivity index (χ0n) is 24.6. The highest BCUT2D eigenvalue weighted by molar-refractivity contribution is 5.83. The molecule has 0 radical (unpaired) electrons. The van der Waals surface area contributed by atoms with Crippen molar-refractivity contribution in [2.24, 2.45) is 5.92 Å². The van der Waals surface area contributed by atoms with Crippen LogP contribution >= 0.6 is 0 Å². The first-order valence-electron chi connectivity index (χ1n) is 14.4. The van der Waals surface area contributed by atoms with Crippen molar-refractivity contribution in [3.05, 3.63) is 84.1 Å². The lowest BCUT2D eigenvalue weighted by molar-refractivity contribution is 0.157. The number of hydrogen-bond donors (Lipinski definition) is 2. The quantitative estimate of drug-likeness (QED) is 0.200. The summed E-state index contributed by atoms with van der Waals surface area (Å²) >= 11 is 0. The van der Waals surface area contributed by atoms with E-state index in [0.29, 0.717) is 36.0 Å². The molecule has 0 saturated carbocycles. The van der Waals surface area contributed by atoms with Crippen molar-refractivity contribution in [3.8, 4) is 11.5 Å². The van der Waals surface area contributed by atoms with Gasteiger partial charge in [0, 0.05) is 24.0 Å². The summed E-state index contributed by atoms with van der Waals surface area (Å²) in [4.78, 5) is 22.2. The summed E-state index contributed by atoms with van der Waals surface area (Å²) in [5, 5.41) is 3.35. The molecule has 1 fully saturated rings. The average Bonchev–Trinajstić information content (AvgIpc) is 3.43. The SMILES string of the molecule is COc1cc(Nc2nccc(N(c3nc4ccccc4[nH]3)c3c(C)cccc3C)n2)ccc1OCC1CCN(C)CC1. The topological polar surface area (TPSA) is 91.4 Å². The third-order valence-corrected chi connectivity index (χ3v) is 7.85. The van der Waals surface area contributed by atoms with Crippen LogP contribution in [0.5, 0.6) is 11.5 Å². The highest BCUT2D eigenvalue weighted by Gasteiger charge is 2.22. The van der Waals surface area contributed by atoms with Crippen LogP contribution in [-0.2, 0) is 0 Å². The first-order chi connectivity index (χ1) is 20.5. The molecular weight excluding hydrogens is 526 g/mol. The number of likely N-dealkylation sites (tertiary alicyclic amines) is 1. The van der Waals surface area contributed by atoms with E-state index < -0.39 is 0 Å². The average molecular weight is 564 g/mol. The maximum atomic E-state index is 6.18. The molecule has 3 heterocycles. The summed E-state index contributed by atoms with van der Waals surface area (Å²) in [6.07, 6.45) is 4.06. The van der Waals surface area contributed by atoms with Gasteiger partial charge in [-0.05, 0) is 88.1 Å². The number of H-pyrrole nitrogens is 1. The van der Waals surface area contributed by atoms with Crippen LogP contribution in [0.3, 0.4) is 0 Å². The van der Waals surface area contributed by atoms with Crippen LogP contribution < -0.4 is 19.7 Å². The second-order valence-electron chi connectivity index (χ2n) is 10.9. The Morgan fingerprint density at radius 2 is 1.74 bits per heavy atom. The molecule has 9 nitrogen and oxygen atoms in total. The zero-order chi connectivity index (χ0) is 29.1. The Kier molecular flexibility index (Phi) is 7.92. The number of aromatic amines is 1. The summed E-state index contributed by atoms with van der Waals surface area (Å²) in [6.45, 7) is 7.12. The summed E-state index contributed by atoms with van der Waals surface area (Å²) in [7, 11) is 3.83. The van der Waals surface area contributed by atoms with E-state index in [2.05, 4.69) is 64.2 Å². The molecule has 42 heavy (non-hydrogen) atoms. The predicted octanol–water partition coefficient (Wildman–Crippen LogP) is 6.91. The van der Waals surface area contributed by atoms with E-state index in [1.807, 2.05) is 48.5 Å². The van der Waals surface area contributed by atoms with Gasteiger partial charge < -0.3 is 24.7 Å². The molecular formula is C33H37N7O2. The van der Waals surface area contributed by atoms with Gasteiger partial charge in [0.2, 0.25) is 11.9 Å². The second kappa shape index (κ2) is 12.1. The molecule has 9 heteroatoms. The van der Waals surface area contributed by atoms with E-state index in [1.54, 1.807) is 13.3 Å². The van der Waals surface area contributed by atoms with Gasteiger partial charge in [0.05, 0.1) is 30.4 Å². The Morgan fingerprint density at radius 3 is 2.50 bits per heavy atom. The van der Waals surface area contributed by atoms with E-state index >= 15 is 0 Å². The van der Waals surface area contributed by atoms with Gasteiger partial charge in [-0.15, -0.1) is 0 Å². The molecule has 5 aromatic rings. The van der Waals surface area contributed by atoms with E-state index in [4.69, 9.17) is 19.4 Å². The van der Waals surface area contributed by atoms with Gasteiger partial charge in [0.15, 0.2) is 11.5 Å². The number of imidazole rings is 1. The van der Waals surface area contributed by atoms with Crippen molar-refractivity contribution < 1.29 is 9.47 Å². The number of aromatic nitrogens is 4. The molecule has 0 spiro atoms. The first-order valence-corrected chi connectivity index (χ1v) is 14.4. The second-order valence-corrected chi connectivity index (χ2v) is 10.9. The number of benzene rings is 3. The smallest absolute Gasteiger partial charge is 0.229 e. The molecule has 2 aromatic heterocycles. The molecule has 0 amide bonds. The number of ether oxygens (including phenoxy) is 2. The van der Waals surface area contributed by atoms with Crippen molar-refractivity contribution in [2.45, 2.75) is 26.7 Å². The third-order valence-electron chi connectivity index (χ3n) is 7.85. The Labute approximate surface area is 246 Å². The largest absolute Gasteiger partial charge is 0.493 e. The molecule has 0 atom stereocenters. The Balaban J connectivity index is 1.27. The Morgan fingerprint density at radius 1 is 0.952 bits per heavy atom. The highest BCUT2D eigenvalue weighted by atomic mass is 16.5. The Bertz CT molecular complexity index is 1620. The number of nitrogens with zero attached hydrogens (tertiary/aromatic N) is 5. The molecule has 2 N–H and O–H groups in total. The number of methoxy groups -OCH3 is 1. The van der Waals surface area contributed by atoms with Crippen molar-refractivity contribution in [1.29, 1.82) is 0 Å². The molecule has 6 rings (SSSR count). The lowest BCUT2D eigenvalue weighted by Crippen LogP contribution is -2.32. The van der Waals surface area contributed by atoms with Crippen LogP contribution in [0, 0.1) is 19.8 Å². The fraction of sp³-hybridized carbons (Fsp3) is 0.303. The van der Waals surface area contributed by atoms with Gasteiger partial charge in [-0.2, -0.15) is 4.98 Å². The number of rotatable bonds is 9. The number of aryl methyl sites for hydroxylation is 2. The van der Waals surface area contributed by atoms with Crippen LogP contribution in [0.4, 0.5) is 29.1 Å². The number of piperidine rings is 1. The third kappa shape index (κ3) is 5.87. The van der Waals surface area contributed by atoms with Crippen LogP contribution in [0.15, 0.2) is 72.9 Å². The number of anilines is 5. The van der Waals surface area contributed by atoms with Crippen molar-refractivity contribution in [3.63, 3.8) is 0 Å². The van der Waals surface area contributed by atoms with Crippen molar-refractivity contribution >= 4 is 40.1 Å². The Hall–Kier alpha value is -4.63. The van der Waals surface area contributed by atoms with Crippen LogP contribution in [0.2, 0.25) is 0 Å². The maximum absolute atomic E-state index is 6.18. The van der Waals surface area contributed by atoms with Gasteiger partial charge in [0.25, 0.3) is 0 Å². The number of para-hydroxylation sites is 3. The summed E-state index contributed by atoms with van der Waals surface area (Å²) in [5.41, 5.74) is 5.91. The number of nitrogens with one attached hydrogen (secondary N) is 2. The van der Waals surface area contributed by atoms with Crippen LogP contribution in [0.25, 0.3) is 11.0 Å². The van der Waals surface area contributed by atoms with Crippen LogP contribution in [0.1, 0.15) is 24.0 Å². The summed E-state index contributed by atoms with van der Waals surface area (Å²) < 4.78 is 11.9. The molecule has 1 saturated heterocycles. The lowest BCUT2D eigenvalue weighted by Gasteiger charge is -2.28. The predicted molar refractivity (Wildman–Crippen MR) is 168 cm³/mol. The standard InChI is InChI=1S/C33H37N7O2/c1-22-8-7-9-23(2)31(22)40(33-36-26-10-5-6-11-27(26)37-33)30-14-17-34-32(38-30)35-25-12-13-28(29(20-25)41-4)42-21-24-15-18-39(3)19-16-24/h5-14,17,20,24H,15-16,18-19,21H2,1-4H3,(H,36,37)(H,34,35,38). The molecule has 0 bridgehead atoms. The van der Waals surface area contributed by atoms with E-state index in [1.165, 1.54) is 0 Å². The zero-order valence-corrected chi connectivity index (χ0v) is 24.6. The number of fused-ring (bicyclic) bond motifs is 1.